The van der Waals surface area contributed by atoms with Gasteiger partial charge >= 0.3 is 0 Å². The van der Waals surface area contributed by atoms with E-state index in [0.29, 0.717) is 18.4 Å². The second-order valence-electron chi connectivity index (χ2n) is 4.47. The van der Waals surface area contributed by atoms with E-state index in [1.54, 1.807) is 4.90 Å². The van der Waals surface area contributed by atoms with Gasteiger partial charge < -0.3 is 10.2 Å². The highest BCUT2D eigenvalue weighted by Crippen LogP contribution is 2.12. The van der Waals surface area contributed by atoms with E-state index in [0.717, 1.165) is 0 Å². The molecule has 0 saturated heterocycles. The maximum absolute atomic E-state index is 5.87. The molecule has 1 N–H and O–H groups in total. The third-order valence-corrected chi connectivity index (χ3v) is 2.70. The van der Waals surface area contributed by atoms with Crippen LogP contribution < -0.4 is 10.2 Å². The molecule has 0 aliphatic rings. The predicted molar refractivity (Wildman–Crippen MR) is 77.7 cm³/mol. The maximum Gasteiger partial charge on any atom is 0.230 e. The molecule has 0 fully saturated rings. The average Bonchev–Trinajstić information content (AvgIpc) is 2.36. The number of halogens is 1. The summed E-state index contributed by atoms with van der Waals surface area (Å²) in [7, 11) is 3.71. The Morgan fingerprint density at radius 3 is 2.68 bits per heavy atom. The van der Waals surface area contributed by atoms with Crippen molar-refractivity contribution in [1.29, 1.82) is 0 Å². The predicted octanol–water partition coefficient (Wildman–Crippen LogP) is 2.51. The van der Waals surface area contributed by atoms with Gasteiger partial charge in [0.15, 0.2) is 0 Å². The zero-order valence-corrected chi connectivity index (χ0v) is 11.9. The van der Waals surface area contributed by atoms with Crippen LogP contribution in [0.2, 0.25) is 5.28 Å². The molecule has 0 aliphatic heterocycles. The molecule has 0 bridgehead atoms. The van der Waals surface area contributed by atoms with Crippen molar-refractivity contribution in [3.8, 4) is 0 Å². The molecule has 1 aromatic carbocycles. The van der Waals surface area contributed by atoms with Crippen LogP contribution in [-0.2, 0) is 6.54 Å². The number of aromatic nitrogens is 3. The molecule has 19 heavy (non-hydrogen) atoms. The molecule has 2 aromatic rings. The van der Waals surface area contributed by atoms with Crippen molar-refractivity contribution in [3.05, 3.63) is 40.7 Å². The Kier molecular flexibility index (Phi) is 4.16. The number of aryl methyl sites for hydroxylation is 1. The summed E-state index contributed by atoms with van der Waals surface area (Å²) in [6, 6.07) is 8.25. The van der Waals surface area contributed by atoms with E-state index < -0.39 is 0 Å². The third-order valence-electron chi connectivity index (χ3n) is 2.53. The Morgan fingerprint density at radius 2 is 2.00 bits per heavy atom. The van der Waals surface area contributed by atoms with Crippen LogP contribution in [0.1, 0.15) is 11.1 Å². The number of nitrogens with one attached hydrogen (secondary N) is 1. The molecule has 0 atom stereocenters. The van der Waals surface area contributed by atoms with Gasteiger partial charge in [-0.25, -0.2) is 0 Å². The molecule has 6 heteroatoms. The highest BCUT2D eigenvalue weighted by Gasteiger charge is 2.06. The fourth-order valence-corrected chi connectivity index (χ4v) is 1.78. The van der Waals surface area contributed by atoms with Gasteiger partial charge in [-0.15, -0.1) is 0 Å². The van der Waals surface area contributed by atoms with E-state index in [-0.39, 0.29) is 5.28 Å². The summed E-state index contributed by atoms with van der Waals surface area (Å²) in [6.45, 7) is 2.71. The average molecular weight is 278 g/mol. The van der Waals surface area contributed by atoms with Crippen LogP contribution in [0.4, 0.5) is 11.9 Å². The number of rotatable bonds is 4. The van der Waals surface area contributed by atoms with E-state index in [2.05, 4.69) is 45.4 Å². The van der Waals surface area contributed by atoms with Crippen molar-refractivity contribution in [3.63, 3.8) is 0 Å². The normalized spacial score (nSPS) is 10.3. The Hall–Kier alpha value is -1.88. The smallest absolute Gasteiger partial charge is 0.230 e. The van der Waals surface area contributed by atoms with Crippen molar-refractivity contribution in [2.24, 2.45) is 0 Å². The second-order valence-corrected chi connectivity index (χ2v) is 4.80. The van der Waals surface area contributed by atoms with Crippen LogP contribution in [0, 0.1) is 6.92 Å². The van der Waals surface area contributed by atoms with Gasteiger partial charge in [0.1, 0.15) is 0 Å². The fraction of sp³-hybridized carbons (Fsp3) is 0.308. The summed E-state index contributed by atoms with van der Waals surface area (Å²) in [5.74, 6) is 1.01. The summed E-state index contributed by atoms with van der Waals surface area (Å²) >= 11 is 5.87. The Balaban J connectivity index is 2.11. The first-order valence-electron chi connectivity index (χ1n) is 5.93. The second kappa shape index (κ2) is 5.84. The summed E-state index contributed by atoms with van der Waals surface area (Å²) in [5, 5.41) is 3.34. The molecular formula is C13H16ClN5. The van der Waals surface area contributed by atoms with Crippen molar-refractivity contribution in [2.75, 3.05) is 24.3 Å². The largest absolute Gasteiger partial charge is 0.350 e. The summed E-state index contributed by atoms with van der Waals surface area (Å²) in [5.41, 5.74) is 2.39. The van der Waals surface area contributed by atoms with Crippen LogP contribution in [0.5, 0.6) is 0 Å². The fourth-order valence-electron chi connectivity index (χ4n) is 1.62. The molecule has 0 saturated carbocycles. The number of benzene rings is 1. The summed E-state index contributed by atoms with van der Waals surface area (Å²) in [4.78, 5) is 14.2. The minimum Gasteiger partial charge on any atom is -0.350 e. The molecular weight excluding hydrogens is 262 g/mol. The van der Waals surface area contributed by atoms with Gasteiger partial charge in [-0.1, -0.05) is 29.8 Å². The number of anilines is 2. The van der Waals surface area contributed by atoms with Gasteiger partial charge in [-0.2, -0.15) is 15.0 Å². The highest BCUT2D eigenvalue weighted by molar-refractivity contribution is 6.28. The Labute approximate surface area is 117 Å². The molecule has 0 unspecified atom stereocenters. The van der Waals surface area contributed by atoms with Crippen LogP contribution in [0.15, 0.2) is 24.3 Å². The van der Waals surface area contributed by atoms with Gasteiger partial charge in [0.25, 0.3) is 0 Å². The van der Waals surface area contributed by atoms with Crippen molar-refractivity contribution in [2.45, 2.75) is 13.5 Å². The third kappa shape index (κ3) is 3.79. The van der Waals surface area contributed by atoms with Gasteiger partial charge in [0, 0.05) is 20.6 Å². The SMILES string of the molecule is Cc1cccc(CNc2nc(Cl)nc(N(C)C)n2)c1. The first-order chi connectivity index (χ1) is 9.04. The van der Waals surface area contributed by atoms with E-state index >= 15 is 0 Å². The topological polar surface area (TPSA) is 53.9 Å². The van der Waals surface area contributed by atoms with Gasteiger partial charge in [-0.05, 0) is 24.1 Å². The van der Waals surface area contributed by atoms with E-state index in [1.807, 2.05) is 20.2 Å². The quantitative estimate of drug-likeness (QED) is 0.931. The zero-order valence-electron chi connectivity index (χ0n) is 11.2. The maximum atomic E-state index is 5.87. The van der Waals surface area contributed by atoms with Crippen LogP contribution in [0.25, 0.3) is 0 Å². The molecule has 100 valence electrons. The molecule has 0 spiro atoms. The van der Waals surface area contributed by atoms with Gasteiger partial charge in [0.2, 0.25) is 17.2 Å². The van der Waals surface area contributed by atoms with E-state index in [9.17, 15) is 0 Å². The van der Waals surface area contributed by atoms with Gasteiger partial charge in [0.05, 0.1) is 0 Å². The highest BCUT2D eigenvalue weighted by atomic mass is 35.5. The standard InChI is InChI=1S/C13H16ClN5/c1-9-5-4-6-10(7-9)8-15-12-16-11(14)17-13(18-12)19(2)3/h4-7H,8H2,1-3H3,(H,15,16,17,18). The lowest BCUT2D eigenvalue weighted by molar-refractivity contribution is 0.942. The van der Waals surface area contributed by atoms with Gasteiger partial charge in [-0.3, -0.25) is 0 Å². The Bertz CT molecular complexity index is 571. The summed E-state index contributed by atoms with van der Waals surface area (Å²) < 4.78 is 0. The van der Waals surface area contributed by atoms with Crippen molar-refractivity contribution < 1.29 is 0 Å². The van der Waals surface area contributed by atoms with E-state index in [4.69, 9.17) is 11.6 Å². The zero-order chi connectivity index (χ0) is 13.8. The van der Waals surface area contributed by atoms with Crippen LogP contribution >= 0.6 is 11.6 Å². The number of hydrogen-bond acceptors (Lipinski definition) is 5. The van der Waals surface area contributed by atoms with Crippen LogP contribution in [0.3, 0.4) is 0 Å². The lowest BCUT2D eigenvalue weighted by Crippen LogP contribution is -2.15. The monoisotopic (exact) mass is 277 g/mol. The van der Waals surface area contributed by atoms with Crippen LogP contribution in [-0.4, -0.2) is 29.0 Å². The molecule has 0 radical (unpaired) electrons. The lowest BCUT2D eigenvalue weighted by Gasteiger charge is -2.12. The van der Waals surface area contributed by atoms with Crippen molar-refractivity contribution >= 4 is 23.5 Å². The molecule has 1 heterocycles. The summed E-state index contributed by atoms with van der Waals surface area (Å²) in [6.07, 6.45) is 0. The first-order valence-corrected chi connectivity index (χ1v) is 6.31. The lowest BCUT2D eigenvalue weighted by atomic mass is 10.1. The number of hydrogen-bond donors (Lipinski definition) is 1. The first kappa shape index (κ1) is 13.5. The van der Waals surface area contributed by atoms with Crippen molar-refractivity contribution in [1.82, 2.24) is 15.0 Å². The molecule has 2 rings (SSSR count). The minimum absolute atomic E-state index is 0.186. The molecule has 0 aliphatic carbocycles. The molecule has 5 nitrogen and oxygen atoms in total. The molecule has 0 amide bonds. The number of nitrogens with zero attached hydrogens (tertiary/aromatic N) is 4. The minimum atomic E-state index is 0.186. The van der Waals surface area contributed by atoms with E-state index in [1.165, 1.54) is 11.1 Å². The Morgan fingerprint density at radius 1 is 1.21 bits per heavy atom. The molecule has 1 aromatic heterocycles.